The largest absolute Gasteiger partial charge is 0.462 e. The number of benzene rings is 1. The minimum atomic E-state index is -1.48. The standard InChI is InChI=1S/C21H25NO6/c1-2-27-21(26)19(28-20(25)14-9-5-3-6-10-14)22-16(13-18(22)24)15-11-7-4-8-12-17(15)23/h3,5-6,9-10,15-16,19H,2,4,7-8,11-13H2,1H3/t15-,16-,19-/m0/s1. The molecule has 0 bridgehead atoms. The molecule has 1 saturated carbocycles. The van der Waals surface area contributed by atoms with Crippen molar-refractivity contribution in [3.05, 3.63) is 35.9 Å². The van der Waals surface area contributed by atoms with Crippen LogP contribution in [0, 0.1) is 5.92 Å². The summed E-state index contributed by atoms with van der Waals surface area (Å²) >= 11 is 0. The van der Waals surface area contributed by atoms with E-state index < -0.39 is 24.2 Å². The molecule has 0 aromatic heterocycles. The van der Waals surface area contributed by atoms with Crippen molar-refractivity contribution in [2.75, 3.05) is 6.61 Å². The van der Waals surface area contributed by atoms with E-state index in [0.29, 0.717) is 12.8 Å². The molecule has 0 radical (unpaired) electrons. The van der Waals surface area contributed by atoms with Gasteiger partial charge in [-0.05, 0) is 31.9 Å². The first-order chi connectivity index (χ1) is 13.5. The molecule has 0 N–H and O–H groups in total. The van der Waals surface area contributed by atoms with Crippen molar-refractivity contribution >= 4 is 23.6 Å². The average Bonchev–Trinajstić information content (AvgIpc) is 2.90. The van der Waals surface area contributed by atoms with E-state index in [-0.39, 0.29) is 36.2 Å². The van der Waals surface area contributed by atoms with Crippen LogP contribution in [0.25, 0.3) is 0 Å². The number of ketones is 1. The van der Waals surface area contributed by atoms with Crippen LogP contribution >= 0.6 is 0 Å². The predicted molar refractivity (Wildman–Crippen MR) is 99.1 cm³/mol. The molecular weight excluding hydrogens is 362 g/mol. The summed E-state index contributed by atoms with van der Waals surface area (Å²) in [7, 11) is 0. The van der Waals surface area contributed by atoms with E-state index in [1.807, 2.05) is 0 Å². The molecule has 2 fully saturated rings. The second-order valence-corrected chi connectivity index (χ2v) is 7.12. The van der Waals surface area contributed by atoms with E-state index in [2.05, 4.69) is 0 Å². The first-order valence-electron chi connectivity index (χ1n) is 9.79. The second-order valence-electron chi connectivity index (χ2n) is 7.12. The highest BCUT2D eigenvalue weighted by Crippen LogP contribution is 2.35. The fourth-order valence-electron chi connectivity index (χ4n) is 3.87. The minimum absolute atomic E-state index is 0.0906. The van der Waals surface area contributed by atoms with Gasteiger partial charge < -0.3 is 9.47 Å². The number of Topliss-reactive ketones (excluding diaryl/α,β-unsaturated/α-hetero) is 1. The fraction of sp³-hybridized carbons (Fsp3) is 0.524. The summed E-state index contributed by atoms with van der Waals surface area (Å²) in [6.45, 7) is 1.73. The zero-order valence-corrected chi connectivity index (χ0v) is 16.0. The SMILES string of the molecule is CCOC(=O)[C@H](OC(=O)c1ccccc1)N1C(=O)C[C@H]1[C@@H]1CCCCCC1=O. The number of nitrogens with zero attached hydrogens (tertiary/aromatic N) is 1. The van der Waals surface area contributed by atoms with E-state index in [4.69, 9.17) is 9.47 Å². The van der Waals surface area contributed by atoms with E-state index in [1.165, 1.54) is 4.90 Å². The summed E-state index contributed by atoms with van der Waals surface area (Å²) in [6.07, 6.45) is 2.59. The van der Waals surface area contributed by atoms with Crippen molar-refractivity contribution < 1.29 is 28.7 Å². The van der Waals surface area contributed by atoms with Gasteiger partial charge in [-0.1, -0.05) is 31.0 Å². The minimum Gasteiger partial charge on any atom is -0.462 e. The Bertz CT molecular complexity index is 747. The zero-order chi connectivity index (χ0) is 20.1. The normalized spacial score (nSPS) is 23.4. The molecule has 1 heterocycles. The molecule has 3 rings (SSSR count). The van der Waals surface area contributed by atoms with Crippen LogP contribution in [-0.2, 0) is 23.9 Å². The molecule has 28 heavy (non-hydrogen) atoms. The number of carbonyl (C=O) groups excluding carboxylic acids is 4. The van der Waals surface area contributed by atoms with Crippen LogP contribution in [0.1, 0.15) is 55.8 Å². The third-order valence-corrected chi connectivity index (χ3v) is 5.31. The fourth-order valence-corrected chi connectivity index (χ4v) is 3.87. The summed E-state index contributed by atoms with van der Waals surface area (Å²) in [5.74, 6) is -2.05. The molecule has 1 amide bonds. The van der Waals surface area contributed by atoms with Crippen LogP contribution in [0.5, 0.6) is 0 Å². The summed E-state index contributed by atoms with van der Waals surface area (Å²) in [6, 6.07) is 7.81. The van der Waals surface area contributed by atoms with Crippen LogP contribution < -0.4 is 0 Å². The molecular formula is C21H25NO6. The lowest BCUT2D eigenvalue weighted by Crippen LogP contribution is -2.64. The number of likely N-dealkylation sites (tertiary alicyclic amines) is 1. The molecule has 1 aromatic rings. The van der Waals surface area contributed by atoms with E-state index in [9.17, 15) is 19.2 Å². The molecule has 1 aliphatic heterocycles. The number of ether oxygens (including phenoxy) is 2. The molecule has 1 aliphatic carbocycles. The highest BCUT2D eigenvalue weighted by atomic mass is 16.6. The van der Waals surface area contributed by atoms with Crippen molar-refractivity contribution in [1.82, 2.24) is 4.90 Å². The molecule has 150 valence electrons. The Labute approximate surface area is 164 Å². The van der Waals surface area contributed by atoms with Gasteiger partial charge in [-0.2, -0.15) is 0 Å². The van der Waals surface area contributed by atoms with Gasteiger partial charge in [-0.15, -0.1) is 0 Å². The highest BCUT2D eigenvalue weighted by molar-refractivity contribution is 5.95. The Morgan fingerprint density at radius 3 is 2.57 bits per heavy atom. The van der Waals surface area contributed by atoms with Gasteiger partial charge in [0.2, 0.25) is 5.91 Å². The van der Waals surface area contributed by atoms with E-state index in [0.717, 1.165) is 19.3 Å². The van der Waals surface area contributed by atoms with Crippen molar-refractivity contribution in [3.8, 4) is 0 Å². The van der Waals surface area contributed by atoms with Gasteiger partial charge in [0.25, 0.3) is 6.23 Å². The molecule has 7 heteroatoms. The van der Waals surface area contributed by atoms with Gasteiger partial charge in [0.1, 0.15) is 5.78 Å². The Kier molecular flexibility index (Phi) is 6.44. The lowest BCUT2D eigenvalue weighted by atomic mass is 9.82. The van der Waals surface area contributed by atoms with Gasteiger partial charge in [-0.3, -0.25) is 14.5 Å². The maximum Gasteiger partial charge on any atom is 0.369 e. The Balaban J connectivity index is 1.81. The van der Waals surface area contributed by atoms with Crippen LogP contribution in [0.4, 0.5) is 0 Å². The third kappa shape index (κ3) is 4.24. The average molecular weight is 387 g/mol. The summed E-state index contributed by atoms with van der Waals surface area (Å²) < 4.78 is 10.4. The van der Waals surface area contributed by atoms with Gasteiger partial charge in [-0.25, -0.2) is 9.59 Å². The zero-order valence-electron chi connectivity index (χ0n) is 16.0. The van der Waals surface area contributed by atoms with Crippen molar-refractivity contribution in [3.63, 3.8) is 0 Å². The summed E-state index contributed by atoms with van der Waals surface area (Å²) in [4.78, 5) is 51.1. The van der Waals surface area contributed by atoms with E-state index in [1.54, 1.807) is 37.3 Å². The number of amides is 1. The summed E-state index contributed by atoms with van der Waals surface area (Å²) in [5.41, 5.74) is 0.270. The molecule has 2 aliphatic rings. The number of carbonyl (C=O) groups is 4. The van der Waals surface area contributed by atoms with E-state index >= 15 is 0 Å². The van der Waals surface area contributed by atoms with Crippen molar-refractivity contribution in [1.29, 1.82) is 0 Å². The lowest BCUT2D eigenvalue weighted by Gasteiger charge is -2.46. The Hall–Kier alpha value is -2.70. The third-order valence-electron chi connectivity index (χ3n) is 5.31. The van der Waals surface area contributed by atoms with Crippen molar-refractivity contribution in [2.24, 2.45) is 5.92 Å². The molecule has 1 aromatic carbocycles. The monoisotopic (exact) mass is 387 g/mol. The first kappa shape index (κ1) is 20.0. The van der Waals surface area contributed by atoms with Crippen molar-refractivity contribution in [2.45, 2.75) is 57.7 Å². The Morgan fingerprint density at radius 2 is 1.89 bits per heavy atom. The second kappa shape index (κ2) is 8.99. The van der Waals surface area contributed by atoms with Gasteiger partial charge in [0.05, 0.1) is 18.2 Å². The number of β-lactam (4-membered cyclic amide) rings is 1. The number of rotatable bonds is 6. The van der Waals surface area contributed by atoms with Crippen LogP contribution in [0.15, 0.2) is 30.3 Å². The predicted octanol–water partition coefficient (Wildman–Crippen LogP) is 2.48. The van der Waals surface area contributed by atoms with Crippen LogP contribution in [0.3, 0.4) is 0 Å². The molecule has 0 unspecified atom stereocenters. The van der Waals surface area contributed by atoms with Gasteiger partial charge in [0.15, 0.2) is 0 Å². The van der Waals surface area contributed by atoms with Crippen LogP contribution in [-0.4, -0.2) is 47.4 Å². The maximum atomic E-state index is 12.5. The number of hydrogen-bond acceptors (Lipinski definition) is 6. The Morgan fingerprint density at radius 1 is 1.14 bits per heavy atom. The molecule has 1 saturated heterocycles. The highest BCUT2D eigenvalue weighted by Gasteiger charge is 2.51. The summed E-state index contributed by atoms with van der Waals surface area (Å²) in [5, 5.41) is 0. The smallest absolute Gasteiger partial charge is 0.369 e. The quantitative estimate of drug-likeness (QED) is 0.423. The number of hydrogen-bond donors (Lipinski definition) is 0. The lowest BCUT2D eigenvalue weighted by molar-refractivity contribution is -0.187. The molecule has 7 nitrogen and oxygen atoms in total. The molecule has 0 spiro atoms. The maximum absolute atomic E-state index is 12.5. The number of esters is 2. The topological polar surface area (TPSA) is 90.0 Å². The van der Waals surface area contributed by atoms with Gasteiger partial charge >= 0.3 is 11.9 Å². The molecule has 3 atom stereocenters. The first-order valence-corrected chi connectivity index (χ1v) is 9.79. The van der Waals surface area contributed by atoms with Crippen LogP contribution in [0.2, 0.25) is 0 Å². The van der Waals surface area contributed by atoms with Gasteiger partial charge in [0, 0.05) is 18.8 Å².